The summed E-state index contributed by atoms with van der Waals surface area (Å²) in [5.74, 6) is -0.323. The van der Waals surface area contributed by atoms with E-state index in [4.69, 9.17) is 19.8 Å². The molecule has 212 valence electrons. The van der Waals surface area contributed by atoms with Crippen molar-refractivity contribution in [1.29, 1.82) is 0 Å². The molecule has 5 rings (SSSR count). The number of aromatic nitrogens is 2. The molecule has 0 radical (unpaired) electrons. The molecule has 1 saturated carbocycles. The number of benzene rings is 3. The average Bonchev–Trinajstić information content (AvgIpc) is 2.96. The predicted octanol–water partition coefficient (Wildman–Crippen LogP) is 6.87. The fraction of sp³-hybridized carbons (Fsp3) is 0.353. The Morgan fingerprint density at radius 3 is 2.44 bits per heavy atom. The van der Waals surface area contributed by atoms with Crippen molar-refractivity contribution in [2.75, 3.05) is 13.7 Å². The Hall–Kier alpha value is -4.10. The number of ether oxygens (including phenoxy) is 1. The second-order valence-electron chi connectivity index (χ2n) is 10.8. The third-order valence-corrected chi connectivity index (χ3v) is 7.93. The van der Waals surface area contributed by atoms with Crippen LogP contribution in [0.4, 0.5) is 0 Å². The molecule has 7 nitrogen and oxygen atoms in total. The molecule has 4 aromatic rings. The minimum Gasteiger partial charge on any atom is -0.481 e. The Balaban J connectivity index is 1.42. The monoisotopic (exact) mass is 551 g/mol. The van der Waals surface area contributed by atoms with Gasteiger partial charge in [-0.1, -0.05) is 61.0 Å². The summed E-state index contributed by atoms with van der Waals surface area (Å²) in [4.78, 5) is 34.4. The molecule has 1 amide bonds. The van der Waals surface area contributed by atoms with Gasteiger partial charge in [0, 0.05) is 31.3 Å². The number of nitrogens with zero attached hydrogens (tertiary/aromatic N) is 2. The van der Waals surface area contributed by atoms with E-state index in [1.165, 1.54) is 24.8 Å². The Kier molecular flexibility index (Phi) is 9.36. The molecule has 1 heterocycles. The van der Waals surface area contributed by atoms with E-state index in [0.717, 1.165) is 22.5 Å². The Morgan fingerprint density at radius 1 is 0.976 bits per heavy atom. The molecule has 0 saturated heterocycles. The van der Waals surface area contributed by atoms with Crippen LogP contribution in [0.15, 0.2) is 72.8 Å². The fourth-order valence-corrected chi connectivity index (χ4v) is 5.35. The van der Waals surface area contributed by atoms with Crippen LogP contribution in [0, 0.1) is 0 Å². The van der Waals surface area contributed by atoms with E-state index in [9.17, 15) is 9.59 Å². The van der Waals surface area contributed by atoms with Gasteiger partial charge in [0.2, 0.25) is 0 Å². The molecular weight excluding hydrogens is 514 g/mol. The van der Waals surface area contributed by atoms with Crippen LogP contribution in [-0.4, -0.2) is 40.7 Å². The second-order valence-corrected chi connectivity index (χ2v) is 10.8. The molecule has 0 spiro atoms. The fourth-order valence-electron chi connectivity index (χ4n) is 5.35. The van der Waals surface area contributed by atoms with Gasteiger partial charge in [0.25, 0.3) is 5.91 Å². The lowest BCUT2D eigenvalue weighted by atomic mass is 9.80. The lowest BCUT2D eigenvalue weighted by Gasteiger charge is -2.25. The maximum Gasteiger partial charge on any atom is 0.303 e. The normalized spacial score (nSPS) is 14.0. The largest absolute Gasteiger partial charge is 0.481 e. The summed E-state index contributed by atoms with van der Waals surface area (Å²) >= 11 is 0. The molecule has 7 heteroatoms. The van der Waals surface area contributed by atoms with Gasteiger partial charge in [-0.05, 0) is 73.8 Å². The Labute approximate surface area is 241 Å². The number of hydrogen-bond acceptors (Lipinski definition) is 5. The number of amides is 1. The lowest BCUT2D eigenvalue weighted by molar-refractivity contribution is -0.137. The van der Waals surface area contributed by atoms with Gasteiger partial charge in [-0.25, -0.2) is 9.97 Å². The summed E-state index contributed by atoms with van der Waals surface area (Å²) < 4.78 is 5.28. The first kappa shape index (κ1) is 28.4. The number of methoxy groups -OCH3 is 1. The maximum absolute atomic E-state index is 13.3. The van der Waals surface area contributed by atoms with Gasteiger partial charge in [-0.2, -0.15) is 0 Å². The molecule has 3 aromatic carbocycles. The van der Waals surface area contributed by atoms with E-state index in [2.05, 4.69) is 29.6 Å². The van der Waals surface area contributed by atoms with E-state index in [1.54, 1.807) is 19.2 Å². The molecular formula is C34H37N3O4. The molecule has 1 fully saturated rings. The summed E-state index contributed by atoms with van der Waals surface area (Å²) in [7, 11) is 1.65. The van der Waals surface area contributed by atoms with Crippen molar-refractivity contribution in [3.8, 4) is 11.3 Å². The first-order valence-corrected chi connectivity index (χ1v) is 14.5. The van der Waals surface area contributed by atoms with Crippen molar-refractivity contribution >= 4 is 22.9 Å². The molecule has 0 aliphatic heterocycles. The number of carbonyl (C=O) groups excluding carboxylic acids is 1. The second kappa shape index (κ2) is 13.5. The maximum atomic E-state index is 13.3. The van der Waals surface area contributed by atoms with Crippen LogP contribution in [0.3, 0.4) is 0 Å². The molecule has 0 bridgehead atoms. The molecule has 1 aromatic heterocycles. The van der Waals surface area contributed by atoms with Gasteiger partial charge in [0.15, 0.2) is 0 Å². The van der Waals surface area contributed by atoms with Crippen LogP contribution >= 0.6 is 0 Å². The number of nitrogens with one attached hydrogen (secondary N) is 1. The molecule has 1 unspecified atom stereocenters. The van der Waals surface area contributed by atoms with Crippen LogP contribution in [0.2, 0.25) is 0 Å². The summed E-state index contributed by atoms with van der Waals surface area (Å²) in [5.41, 5.74) is 6.90. The predicted molar refractivity (Wildman–Crippen MR) is 160 cm³/mol. The molecule has 41 heavy (non-hydrogen) atoms. The molecule has 1 aliphatic carbocycles. The van der Waals surface area contributed by atoms with Crippen LogP contribution in [-0.2, 0) is 16.0 Å². The number of aliphatic carboxylic acids is 1. The molecule has 2 N–H and O–H groups in total. The van der Waals surface area contributed by atoms with Gasteiger partial charge in [0.1, 0.15) is 0 Å². The number of aryl methyl sites for hydroxylation is 1. The van der Waals surface area contributed by atoms with Crippen LogP contribution < -0.4 is 5.32 Å². The third kappa shape index (κ3) is 7.16. The number of unbranched alkanes of at least 4 members (excludes halogenated alkanes) is 1. The van der Waals surface area contributed by atoms with Crippen molar-refractivity contribution in [3.63, 3.8) is 0 Å². The van der Waals surface area contributed by atoms with E-state index in [-0.39, 0.29) is 18.4 Å². The zero-order valence-electron chi connectivity index (χ0n) is 23.5. The Morgan fingerprint density at radius 2 is 1.76 bits per heavy atom. The number of hydrogen-bond donors (Lipinski definition) is 2. The third-order valence-electron chi connectivity index (χ3n) is 7.93. The van der Waals surface area contributed by atoms with Gasteiger partial charge < -0.3 is 15.2 Å². The summed E-state index contributed by atoms with van der Waals surface area (Å²) in [6, 6.07) is 23.8. The number of carbonyl (C=O) groups is 2. The number of carboxylic acid groups (broad SMARTS) is 1. The van der Waals surface area contributed by atoms with Gasteiger partial charge in [-0.3, -0.25) is 9.59 Å². The van der Waals surface area contributed by atoms with Crippen molar-refractivity contribution in [1.82, 2.24) is 15.3 Å². The van der Waals surface area contributed by atoms with Gasteiger partial charge >= 0.3 is 5.97 Å². The lowest BCUT2D eigenvalue weighted by Crippen LogP contribution is -2.29. The summed E-state index contributed by atoms with van der Waals surface area (Å²) in [5, 5.41) is 12.2. The molecule has 1 atom stereocenters. The highest BCUT2D eigenvalue weighted by atomic mass is 16.5. The highest BCUT2D eigenvalue weighted by Crippen LogP contribution is 2.37. The SMILES string of the molecule is COCCC(NC(=O)c1ccc2nc(-c3ccc(C4CCC4)cc3)c(CCCCC(=O)O)nc2c1)c1ccccc1. The van der Waals surface area contributed by atoms with Crippen molar-refractivity contribution < 1.29 is 19.4 Å². The topological polar surface area (TPSA) is 101 Å². The van der Waals surface area contributed by atoms with E-state index in [1.807, 2.05) is 36.4 Å². The Bertz CT molecular complexity index is 1480. The summed E-state index contributed by atoms with van der Waals surface area (Å²) in [6.45, 7) is 0.526. The van der Waals surface area contributed by atoms with E-state index in [0.29, 0.717) is 54.8 Å². The quantitative estimate of drug-likeness (QED) is 0.176. The zero-order chi connectivity index (χ0) is 28.6. The number of rotatable bonds is 13. The van der Waals surface area contributed by atoms with Crippen LogP contribution in [0.5, 0.6) is 0 Å². The van der Waals surface area contributed by atoms with Crippen LogP contribution in [0.25, 0.3) is 22.3 Å². The first-order chi connectivity index (χ1) is 20.0. The number of carboxylic acids is 1. The highest BCUT2D eigenvalue weighted by Gasteiger charge is 2.20. The van der Waals surface area contributed by atoms with Gasteiger partial charge in [-0.15, -0.1) is 0 Å². The smallest absolute Gasteiger partial charge is 0.303 e. The van der Waals surface area contributed by atoms with Gasteiger partial charge in [0.05, 0.1) is 28.5 Å². The zero-order valence-corrected chi connectivity index (χ0v) is 23.5. The van der Waals surface area contributed by atoms with E-state index >= 15 is 0 Å². The number of fused-ring (bicyclic) bond motifs is 1. The van der Waals surface area contributed by atoms with E-state index < -0.39 is 5.97 Å². The summed E-state index contributed by atoms with van der Waals surface area (Å²) in [6.07, 6.45) is 6.45. The standard InChI is InChI=1S/C34H37N3O4/c1-41-21-20-28(25-8-3-2-4-9-25)37-34(40)27-18-19-29-31(22-27)35-30(12-5-6-13-32(38)39)33(36-29)26-16-14-24(15-17-26)23-10-7-11-23/h2-4,8-9,14-19,22-23,28H,5-7,10-13,20-21H2,1H3,(H,37,40)(H,38,39). The van der Waals surface area contributed by atoms with Crippen molar-refractivity contribution in [2.45, 2.75) is 63.3 Å². The minimum absolute atomic E-state index is 0.127. The van der Waals surface area contributed by atoms with Crippen LogP contribution in [0.1, 0.15) is 84.1 Å². The molecule has 1 aliphatic rings. The van der Waals surface area contributed by atoms with Crippen molar-refractivity contribution in [3.05, 3.63) is 95.2 Å². The van der Waals surface area contributed by atoms with Crippen molar-refractivity contribution in [2.24, 2.45) is 0 Å². The first-order valence-electron chi connectivity index (χ1n) is 14.5. The minimum atomic E-state index is -0.795. The highest BCUT2D eigenvalue weighted by molar-refractivity contribution is 5.97. The average molecular weight is 552 g/mol.